The summed E-state index contributed by atoms with van der Waals surface area (Å²) in [7, 11) is 0. The number of aliphatic hydroxyl groups is 1. The van der Waals surface area contributed by atoms with Gasteiger partial charge < -0.3 is 9.84 Å². The van der Waals surface area contributed by atoms with Crippen molar-refractivity contribution in [2.75, 3.05) is 0 Å². The Balaban J connectivity index is 2.16. The van der Waals surface area contributed by atoms with Gasteiger partial charge >= 0.3 is 0 Å². The minimum Gasteiger partial charge on any atom is -0.489 e. The lowest BCUT2D eigenvalue weighted by atomic mass is 10.2. The first-order chi connectivity index (χ1) is 7.70. The molecule has 0 amide bonds. The zero-order chi connectivity index (χ0) is 11.5. The van der Waals surface area contributed by atoms with Gasteiger partial charge in [0.05, 0.1) is 6.10 Å². The predicted molar refractivity (Wildman–Crippen MR) is 55.4 cm³/mol. The molecular weight excluding hydrogens is 209 g/mol. The van der Waals surface area contributed by atoms with Gasteiger partial charge in [0, 0.05) is 6.42 Å². The first-order valence-corrected chi connectivity index (χ1v) is 5.24. The fourth-order valence-electron chi connectivity index (χ4n) is 1.92. The standard InChI is InChI=1S/C12H12FNO2/c13-11-2-1-3-12(10(11)7-14)16-9-5-4-8(15)6-9/h1-3,8-9,15H,4-6H2. The van der Waals surface area contributed by atoms with E-state index in [1.54, 1.807) is 12.1 Å². The second kappa shape index (κ2) is 4.50. The molecule has 3 nitrogen and oxygen atoms in total. The molecular formula is C12H12FNO2. The highest BCUT2D eigenvalue weighted by Gasteiger charge is 2.25. The summed E-state index contributed by atoms with van der Waals surface area (Å²) in [6.07, 6.45) is 1.51. The molecule has 1 N–H and O–H groups in total. The van der Waals surface area contributed by atoms with Crippen molar-refractivity contribution >= 4 is 0 Å². The van der Waals surface area contributed by atoms with Gasteiger partial charge in [-0.2, -0.15) is 5.26 Å². The molecule has 0 spiro atoms. The molecule has 1 saturated carbocycles. The van der Waals surface area contributed by atoms with Crippen LogP contribution in [0.4, 0.5) is 4.39 Å². The Kier molecular flexibility index (Phi) is 3.07. The molecule has 2 atom stereocenters. The summed E-state index contributed by atoms with van der Waals surface area (Å²) in [4.78, 5) is 0. The van der Waals surface area contributed by atoms with Crippen LogP contribution in [0.15, 0.2) is 18.2 Å². The van der Waals surface area contributed by atoms with Gasteiger partial charge in [-0.15, -0.1) is 0 Å². The van der Waals surface area contributed by atoms with E-state index in [-0.39, 0.29) is 23.5 Å². The van der Waals surface area contributed by atoms with Crippen LogP contribution in [-0.4, -0.2) is 17.3 Å². The largest absolute Gasteiger partial charge is 0.489 e. The maximum atomic E-state index is 13.2. The molecule has 1 aliphatic rings. The van der Waals surface area contributed by atoms with Gasteiger partial charge in [0.25, 0.3) is 0 Å². The topological polar surface area (TPSA) is 53.2 Å². The number of rotatable bonds is 2. The smallest absolute Gasteiger partial charge is 0.144 e. The Bertz CT molecular complexity index is 428. The van der Waals surface area contributed by atoms with Crippen LogP contribution in [-0.2, 0) is 0 Å². The van der Waals surface area contributed by atoms with Crippen molar-refractivity contribution in [1.29, 1.82) is 5.26 Å². The van der Waals surface area contributed by atoms with Crippen molar-refractivity contribution in [2.24, 2.45) is 0 Å². The fourth-order valence-corrected chi connectivity index (χ4v) is 1.92. The van der Waals surface area contributed by atoms with Crippen molar-refractivity contribution in [3.8, 4) is 11.8 Å². The Morgan fingerprint density at radius 3 is 2.88 bits per heavy atom. The van der Waals surface area contributed by atoms with E-state index in [0.29, 0.717) is 12.8 Å². The molecule has 1 fully saturated rings. The summed E-state index contributed by atoms with van der Waals surface area (Å²) in [6.45, 7) is 0. The zero-order valence-corrected chi connectivity index (χ0v) is 8.69. The van der Waals surface area contributed by atoms with Crippen LogP contribution in [0.1, 0.15) is 24.8 Å². The molecule has 0 aromatic heterocycles. The van der Waals surface area contributed by atoms with Crippen LogP contribution in [0.3, 0.4) is 0 Å². The van der Waals surface area contributed by atoms with Gasteiger partial charge in [-0.3, -0.25) is 0 Å². The van der Waals surface area contributed by atoms with E-state index < -0.39 is 5.82 Å². The Labute approximate surface area is 93.1 Å². The molecule has 2 unspecified atom stereocenters. The second-order valence-corrected chi connectivity index (χ2v) is 3.93. The molecule has 1 aromatic rings. The van der Waals surface area contributed by atoms with Gasteiger partial charge in [0.2, 0.25) is 0 Å². The van der Waals surface area contributed by atoms with Crippen LogP contribution in [0.25, 0.3) is 0 Å². The highest BCUT2D eigenvalue weighted by atomic mass is 19.1. The van der Waals surface area contributed by atoms with E-state index in [4.69, 9.17) is 10.00 Å². The first-order valence-electron chi connectivity index (χ1n) is 5.24. The maximum Gasteiger partial charge on any atom is 0.144 e. The third kappa shape index (κ3) is 2.15. The molecule has 84 valence electrons. The van der Waals surface area contributed by atoms with Crippen molar-refractivity contribution in [2.45, 2.75) is 31.5 Å². The van der Waals surface area contributed by atoms with Gasteiger partial charge in [-0.25, -0.2) is 4.39 Å². The number of aliphatic hydroxyl groups excluding tert-OH is 1. The first kappa shape index (κ1) is 10.9. The third-order valence-corrected chi connectivity index (χ3v) is 2.74. The van der Waals surface area contributed by atoms with Crippen LogP contribution in [0.2, 0.25) is 0 Å². The average Bonchev–Trinajstić information content (AvgIpc) is 2.64. The lowest BCUT2D eigenvalue weighted by molar-refractivity contribution is 0.149. The highest BCUT2D eigenvalue weighted by molar-refractivity contribution is 5.43. The Morgan fingerprint density at radius 1 is 1.44 bits per heavy atom. The summed E-state index contributed by atoms with van der Waals surface area (Å²) in [6, 6.07) is 6.10. The molecule has 0 bridgehead atoms. The van der Waals surface area contributed by atoms with Gasteiger partial charge in [0.15, 0.2) is 0 Å². The molecule has 4 heteroatoms. The Morgan fingerprint density at radius 2 is 2.25 bits per heavy atom. The normalized spacial score (nSPS) is 24.1. The zero-order valence-electron chi connectivity index (χ0n) is 8.69. The molecule has 0 heterocycles. The predicted octanol–water partition coefficient (Wildman–Crippen LogP) is 1.99. The number of hydrogen-bond acceptors (Lipinski definition) is 3. The lowest BCUT2D eigenvalue weighted by Crippen LogP contribution is -2.14. The summed E-state index contributed by atoms with van der Waals surface area (Å²) in [5.74, 6) is -0.305. The van der Waals surface area contributed by atoms with E-state index in [1.165, 1.54) is 12.1 Å². The third-order valence-electron chi connectivity index (χ3n) is 2.74. The molecule has 1 aliphatic carbocycles. The molecule has 0 radical (unpaired) electrons. The molecule has 0 saturated heterocycles. The van der Waals surface area contributed by atoms with Crippen LogP contribution >= 0.6 is 0 Å². The summed E-state index contributed by atoms with van der Waals surface area (Å²) in [5.41, 5.74) is -0.0658. The Hall–Kier alpha value is -1.60. The number of hydrogen-bond donors (Lipinski definition) is 1. The summed E-state index contributed by atoms with van der Waals surface area (Å²) < 4.78 is 18.8. The van der Waals surface area contributed by atoms with Gasteiger partial charge in [-0.05, 0) is 25.0 Å². The summed E-state index contributed by atoms with van der Waals surface area (Å²) in [5, 5.41) is 18.1. The second-order valence-electron chi connectivity index (χ2n) is 3.93. The maximum absolute atomic E-state index is 13.2. The highest BCUT2D eigenvalue weighted by Crippen LogP contribution is 2.27. The quantitative estimate of drug-likeness (QED) is 0.830. The molecule has 1 aromatic carbocycles. The monoisotopic (exact) mass is 221 g/mol. The minimum atomic E-state index is -0.571. The van der Waals surface area contributed by atoms with Crippen LogP contribution in [0, 0.1) is 17.1 Å². The lowest BCUT2D eigenvalue weighted by Gasteiger charge is -2.14. The van der Waals surface area contributed by atoms with E-state index in [2.05, 4.69) is 0 Å². The van der Waals surface area contributed by atoms with Crippen LogP contribution in [0.5, 0.6) is 5.75 Å². The van der Waals surface area contributed by atoms with Gasteiger partial charge in [0.1, 0.15) is 29.3 Å². The van der Waals surface area contributed by atoms with E-state index in [0.717, 1.165) is 6.42 Å². The van der Waals surface area contributed by atoms with E-state index in [9.17, 15) is 9.50 Å². The summed E-state index contributed by atoms with van der Waals surface area (Å²) >= 11 is 0. The number of halogens is 1. The SMILES string of the molecule is N#Cc1c(F)cccc1OC1CCC(O)C1. The van der Waals surface area contributed by atoms with E-state index in [1.807, 2.05) is 0 Å². The fraction of sp³-hybridized carbons (Fsp3) is 0.417. The molecule has 0 aliphatic heterocycles. The van der Waals surface area contributed by atoms with Crippen molar-refractivity contribution in [1.82, 2.24) is 0 Å². The van der Waals surface area contributed by atoms with Crippen molar-refractivity contribution in [3.63, 3.8) is 0 Å². The average molecular weight is 221 g/mol. The van der Waals surface area contributed by atoms with Gasteiger partial charge in [-0.1, -0.05) is 6.07 Å². The molecule has 2 rings (SSSR count). The van der Waals surface area contributed by atoms with Crippen molar-refractivity contribution in [3.05, 3.63) is 29.6 Å². The molecule has 16 heavy (non-hydrogen) atoms. The number of nitrogens with zero attached hydrogens (tertiary/aromatic N) is 1. The van der Waals surface area contributed by atoms with E-state index >= 15 is 0 Å². The number of benzene rings is 1. The minimum absolute atomic E-state index is 0.0658. The van der Waals surface area contributed by atoms with Crippen molar-refractivity contribution < 1.29 is 14.2 Å². The number of nitriles is 1. The van der Waals surface area contributed by atoms with Crippen LogP contribution < -0.4 is 4.74 Å². The number of ether oxygens (including phenoxy) is 1.